The van der Waals surface area contributed by atoms with Gasteiger partial charge in [0.2, 0.25) is 0 Å². The number of hydrogen-bond donors (Lipinski definition) is 0. The molecule has 1 aliphatic heterocycles. The van der Waals surface area contributed by atoms with E-state index in [4.69, 9.17) is 15.3 Å². The van der Waals surface area contributed by atoms with Crippen LogP contribution in [0.3, 0.4) is 0 Å². The summed E-state index contributed by atoms with van der Waals surface area (Å²) >= 11 is 1.82. The van der Waals surface area contributed by atoms with Crippen LogP contribution in [0.25, 0.3) is 58.9 Å². The summed E-state index contributed by atoms with van der Waals surface area (Å²) in [5.41, 5.74) is 10.1. The normalized spacial score (nSPS) is 14.3. The van der Waals surface area contributed by atoms with Crippen LogP contribution in [0.5, 0.6) is 0 Å². The minimum absolute atomic E-state index is 0.464. The molecule has 2 heterocycles. The van der Waals surface area contributed by atoms with E-state index in [2.05, 4.69) is 140 Å². The highest BCUT2D eigenvalue weighted by Crippen LogP contribution is 2.44. The van der Waals surface area contributed by atoms with Crippen molar-refractivity contribution in [3.8, 4) is 33.4 Å². The zero-order valence-electron chi connectivity index (χ0n) is 26.6. The molecule has 3 nitrogen and oxygen atoms in total. The molecule has 1 aromatic heterocycles. The van der Waals surface area contributed by atoms with Gasteiger partial charge in [0, 0.05) is 20.2 Å². The topological polar surface area (TPSA) is 38.8 Å². The first-order valence-electron chi connectivity index (χ1n) is 16.5. The Balaban J connectivity index is 1.20. The second kappa shape index (κ2) is 12.5. The second-order valence-corrected chi connectivity index (χ2v) is 13.3. The second-order valence-electron chi connectivity index (χ2n) is 12.2. The fourth-order valence-corrected chi connectivity index (χ4v) is 7.83. The molecule has 0 radical (unpaired) electrons. The average molecular weight is 645 g/mol. The molecular weight excluding hydrogens is 615 g/mol. The van der Waals surface area contributed by atoms with Gasteiger partial charge in [0.15, 0.2) is 0 Å². The minimum Gasteiger partial charge on any atom is -0.438 e. The first-order chi connectivity index (χ1) is 24.3. The molecule has 0 spiro atoms. The number of nitrogens with zero attached hydrogens (tertiary/aromatic N) is 3. The monoisotopic (exact) mass is 644 g/mol. The SMILES string of the molecule is c1ccc(C2=NC(c3cc(-c4cccc(-c5cccc(-c6ccccc6)c5)c4)cc4sc5ccccc5c34)[N-]C(c3ccccc3)=N2)cc1. The quantitative estimate of drug-likeness (QED) is 0.173. The Labute approximate surface area is 289 Å². The maximum absolute atomic E-state index is 5.24. The largest absolute Gasteiger partial charge is 0.438 e. The number of benzene rings is 7. The van der Waals surface area contributed by atoms with E-state index < -0.39 is 6.17 Å². The lowest BCUT2D eigenvalue weighted by Crippen LogP contribution is -2.16. The third-order valence-corrected chi connectivity index (χ3v) is 10.2. The van der Waals surface area contributed by atoms with Crippen LogP contribution in [0.2, 0.25) is 0 Å². The molecule has 4 heteroatoms. The maximum atomic E-state index is 5.24. The van der Waals surface area contributed by atoms with Gasteiger partial charge >= 0.3 is 0 Å². The molecule has 0 fully saturated rings. The number of thiophene rings is 1. The lowest BCUT2D eigenvalue weighted by molar-refractivity contribution is 0.888. The van der Waals surface area contributed by atoms with Crippen LogP contribution in [0.15, 0.2) is 186 Å². The fourth-order valence-electron chi connectivity index (χ4n) is 6.65. The third kappa shape index (κ3) is 5.62. The number of amidine groups is 2. The molecule has 49 heavy (non-hydrogen) atoms. The van der Waals surface area contributed by atoms with Gasteiger partial charge < -0.3 is 10.3 Å². The van der Waals surface area contributed by atoms with Crippen molar-refractivity contribution in [2.75, 3.05) is 0 Å². The molecule has 0 bridgehead atoms. The van der Waals surface area contributed by atoms with Gasteiger partial charge in [-0.3, -0.25) is 4.99 Å². The van der Waals surface area contributed by atoms with Gasteiger partial charge in [-0.15, -0.1) is 11.3 Å². The van der Waals surface area contributed by atoms with E-state index in [0.29, 0.717) is 11.7 Å². The third-order valence-electron chi connectivity index (χ3n) is 9.05. The molecule has 0 saturated carbocycles. The van der Waals surface area contributed by atoms with Gasteiger partial charge in [-0.1, -0.05) is 151 Å². The highest BCUT2D eigenvalue weighted by Gasteiger charge is 2.20. The first kappa shape index (κ1) is 29.1. The number of fused-ring (bicyclic) bond motifs is 3. The summed E-state index contributed by atoms with van der Waals surface area (Å²) in [5, 5.41) is 7.67. The van der Waals surface area contributed by atoms with Crippen LogP contribution in [-0.2, 0) is 0 Å². The van der Waals surface area contributed by atoms with E-state index in [1.807, 2.05) is 47.7 Å². The Hall–Kier alpha value is -6.10. The Morgan fingerprint density at radius 3 is 1.63 bits per heavy atom. The highest BCUT2D eigenvalue weighted by atomic mass is 32.1. The Kier molecular flexibility index (Phi) is 7.41. The van der Waals surface area contributed by atoms with Crippen molar-refractivity contribution in [2.45, 2.75) is 6.17 Å². The van der Waals surface area contributed by atoms with E-state index in [-0.39, 0.29) is 0 Å². The van der Waals surface area contributed by atoms with Crippen molar-refractivity contribution in [1.29, 1.82) is 0 Å². The predicted octanol–water partition coefficient (Wildman–Crippen LogP) is 12.3. The Bertz CT molecular complexity index is 2510. The number of rotatable bonds is 6. The molecule has 0 N–H and O–H groups in total. The summed E-state index contributed by atoms with van der Waals surface area (Å²) in [7, 11) is 0. The molecular formula is C45H30N3S-. The van der Waals surface area contributed by atoms with Crippen LogP contribution in [-0.4, -0.2) is 11.7 Å². The molecule has 1 atom stereocenters. The Morgan fingerprint density at radius 2 is 0.959 bits per heavy atom. The molecule has 1 aliphatic rings. The van der Waals surface area contributed by atoms with Crippen LogP contribution >= 0.6 is 11.3 Å². The van der Waals surface area contributed by atoms with E-state index >= 15 is 0 Å². The van der Waals surface area contributed by atoms with Crippen molar-refractivity contribution in [2.24, 2.45) is 9.98 Å². The summed E-state index contributed by atoms with van der Waals surface area (Å²) in [6, 6.07) is 61.9. The average Bonchev–Trinajstić information content (AvgIpc) is 3.57. The van der Waals surface area contributed by atoms with Gasteiger partial charge in [-0.05, 0) is 80.4 Å². The molecule has 7 aromatic carbocycles. The summed E-state index contributed by atoms with van der Waals surface area (Å²) in [5.74, 6) is 1.38. The van der Waals surface area contributed by atoms with Crippen LogP contribution in [0.1, 0.15) is 22.9 Å². The summed E-state index contributed by atoms with van der Waals surface area (Å²) < 4.78 is 2.48. The highest BCUT2D eigenvalue weighted by molar-refractivity contribution is 7.25. The van der Waals surface area contributed by atoms with E-state index in [9.17, 15) is 0 Å². The van der Waals surface area contributed by atoms with Gasteiger partial charge in [-0.2, -0.15) is 0 Å². The van der Waals surface area contributed by atoms with Crippen molar-refractivity contribution in [3.63, 3.8) is 0 Å². The maximum Gasteiger partial charge on any atom is 0.0828 e. The number of aliphatic imine (C=N–C) groups is 2. The lowest BCUT2D eigenvalue weighted by atomic mass is 9.94. The Morgan fingerprint density at radius 1 is 0.429 bits per heavy atom. The molecule has 1 unspecified atom stereocenters. The van der Waals surface area contributed by atoms with Gasteiger partial charge in [0.05, 0.1) is 12.0 Å². The standard InChI is InChI=1S/C45H30N3S/c1-4-14-30(15-5-1)33-20-12-21-34(26-33)35-22-13-23-36(27-35)37-28-39(42-38-24-10-11-25-40(38)49-41(42)29-37)45-47-43(31-16-6-2-7-17-31)46-44(48-45)32-18-8-3-9-19-32/h1-29,45H/q-1. The van der Waals surface area contributed by atoms with E-state index in [1.54, 1.807) is 0 Å². The molecule has 0 amide bonds. The summed E-state index contributed by atoms with van der Waals surface area (Å²) in [6.07, 6.45) is -0.464. The van der Waals surface area contributed by atoms with Crippen LogP contribution in [0, 0.1) is 0 Å². The van der Waals surface area contributed by atoms with Crippen molar-refractivity contribution < 1.29 is 0 Å². The molecule has 0 saturated heterocycles. The van der Waals surface area contributed by atoms with Gasteiger partial charge in [-0.25, -0.2) is 0 Å². The fraction of sp³-hybridized carbons (Fsp3) is 0.0222. The van der Waals surface area contributed by atoms with Crippen molar-refractivity contribution >= 4 is 43.2 Å². The number of hydrogen-bond acceptors (Lipinski definition) is 3. The van der Waals surface area contributed by atoms with Gasteiger partial charge in [0.25, 0.3) is 0 Å². The summed E-state index contributed by atoms with van der Waals surface area (Å²) in [6.45, 7) is 0. The predicted molar refractivity (Wildman–Crippen MR) is 208 cm³/mol. The van der Waals surface area contributed by atoms with Gasteiger partial charge in [0.1, 0.15) is 0 Å². The molecule has 9 rings (SSSR count). The van der Waals surface area contributed by atoms with Crippen molar-refractivity contribution in [3.05, 3.63) is 198 Å². The van der Waals surface area contributed by atoms with E-state index in [1.165, 1.54) is 42.4 Å². The van der Waals surface area contributed by atoms with Crippen LogP contribution in [0.4, 0.5) is 0 Å². The molecule has 232 valence electrons. The zero-order valence-corrected chi connectivity index (χ0v) is 27.4. The van der Waals surface area contributed by atoms with E-state index in [0.717, 1.165) is 27.8 Å². The zero-order chi connectivity index (χ0) is 32.6. The lowest BCUT2D eigenvalue weighted by Gasteiger charge is -2.33. The van der Waals surface area contributed by atoms with Crippen LogP contribution < -0.4 is 0 Å². The smallest absolute Gasteiger partial charge is 0.0828 e. The molecule has 8 aromatic rings. The minimum atomic E-state index is -0.464. The molecule has 0 aliphatic carbocycles. The first-order valence-corrected chi connectivity index (χ1v) is 17.3. The van der Waals surface area contributed by atoms with Crippen molar-refractivity contribution in [1.82, 2.24) is 0 Å². The summed E-state index contributed by atoms with van der Waals surface area (Å²) in [4.78, 5) is 10.2.